The maximum Gasteiger partial charge on any atom is 0.243 e. The molecule has 1 aromatic carbocycles. The van der Waals surface area contributed by atoms with Gasteiger partial charge in [0, 0.05) is 55.9 Å². The van der Waals surface area contributed by atoms with E-state index in [4.69, 9.17) is 11.6 Å². The molecule has 0 spiro atoms. The molecule has 9 heteroatoms. The zero-order valence-corrected chi connectivity index (χ0v) is 20.2. The summed E-state index contributed by atoms with van der Waals surface area (Å²) in [6.07, 6.45) is 1.82. The fourth-order valence-corrected chi connectivity index (χ4v) is 4.88. The third kappa shape index (κ3) is 5.50. The third-order valence-corrected chi connectivity index (χ3v) is 6.67. The third-order valence-electron chi connectivity index (χ3n) is 6.43. The Bertz CT molecular complexity index is 985. The van der Waals surface area contributed by atoms with E-state index in [0.717, 1.165) is 55.7 Å². The highest BCUT2D eigenvalue weighted by Crippen LogP contribution is 2.26. The number of aryl methyl sites for hydroxylation is 2. The number of hydrogen-bond acceptors (Lipinski definition) is 5. The molecule has 8 nitrogen and oxygen atoms in total. The highest BCUT2D eigenvalue weighted by Gasteiger charge is 2.34. The Kier molecular flexibility index (Phi) is 7.55. The molecule has 0 bridgehead atoms. The summed E-state index contributed by atoms with van der Waals surface area (Å²) in [6, 6.07) is 9.38. The van der Waals surface area contributed by atoms with Crippen LogP contribution < -0.4 is 15.1 Å². The van der Waals surface area contributed by atoms with Crippen molar-refractivity contribution in [2.24, 2.45) is 0 Å². The first-order valence-electron chi connectivity index (χ1n) is 11.8. The van der Waals surface area contributed by atoms with Crippen LogP contribution in [0.3, 0.4) is 0 Å². The van der Waals surface area contributed by atoms with Gasteiger partial charge in [0.1, 0.15) is 11.9 Å². The van der Waals surface area contributed by atoms with Gasteiger partial charge < -0.3 is 10.2 Å². The molecule has 2 aliphatic rings. The maximum absolute atomic E-state index is 12.9. The SMILES string of the molecule is CC[C@@H](C(=O)NCCCN1CCN(c2cccc(Cl)c2)CC1)N1C(=O)CCn2nc(C)cc21. The van der Waals surface area contributed by atoms with E-state index in [1.807, 2.05) is 42.8 Å². The highest BCUT2D eigenvalue weighted by atomic mass is 35.5. The average molecular weight is 473 g/mol. The lowest BCUT2D eigenvalue weighted by molar-refractivity contribution is -0.127. The van der Waals surface area contributed by atoms with Crippen LogP contribution in [-0.2, 0) is 16.1 Å². The molecule has 3 heterocycles. The minimum absolute atomic E-state index is 0.0121. The lowest BCUT2D eigenvalue weighted by Crippen LogP contribution is -2.52. The Balaban J connectivity index is 1.23. The molecule has 2 aliphatic heterocycles. The largest absolute Gasteiger partial charge is 0.369 e. The number of halogens is 1. The predicted octanol–water partition coefficient (Wildman–Crippen LogP) is 2.69. The second-order valence-corrected chi connectivity index (χ2v) is 9.19. The van der Waals surface area contributed by atoms with Crippen molar-refractivity contribution in [3.63, 3.8) is 0 Å². The molecule has 2 aromatic rings. The van der Waals surface area contributed by atoms with Crippen molar-refractivity contribution >= 4 is 34.9 Å². The first-order chi connectivity index (χ1) is 16.0. The highest BCUT2D eigenvalue weighted by molar-refractivity contribution is 6.30. The number of amides is 2. The van der Waals surface area contributed by atoms with Crippen LogP contribution in [0.25, 0.3) is 0 Å². The fraction of sp³-hybridized carbons (Fsp3) is 0.542. The second-order valence-electron chi connectivity index (χ2n) is 8.76. The lowest BCUT2D eigenvalue weighted by Gasteiger charge is -2.36. The Morgan fingerprint density at radius 2 is 1.97 bits per heavy atom. The van der Waals surface area contributed by atoms with E-state index in [0.29, 0.717) is 25.9 Å². The molecule has 0 unspecified atom stereocenters. The summed E-state index contributed by atoms with van der Waals surface area (Å²) in [5.74, 6) is 0.620. The van der Waals surface area contributed by atoms with Crippen molar-refractivity contribution < 1.29 is 9.59 Å². The van der Waals surface area contributed by atoms with Crippen molar-refractivity contribution in [1.82, 2.24) is 20.0 Å². The molecule has 1 aromatic heterocycles. The molecule has 2 amide bonds. The molecule has 178 valence electrons. The number of piperazine rings is 1. The van der Waals surface area contributed by atoms with Gasteiger partial charge in [0.2, 0.25) is 11.8 Å². The molecule has 33 heavy (non-hydrogen) atoms. The molecule has 1 fully saturated rings. The number of anilines is 2. The monoisotopic (exact) mass is 472 g/mol. The van der Waals surface area contributed by atoms with E-state index in [-0.39, 0.29) is 11.8 Å². The number of nitrogens with one attached hydrogen (secondary N) is 1. The predicted molar refractivity (Wildman–Crippen MR) is 131 cm³/mol. The van der Waals surface area contributed by atoms with E-state index >= 15 is 0 Å². The van der Waals surface area contributed by atoms with Crippen LogP contribution in [0.2, 0.25) is 5.02 Å². The number of benzene rings is 1. The van der Waals surface area contributed by atoms with Crippen molar-refractivity contribution in [1.29, 1.82) is 0 Å². The van der Waals surface area contributed by atoms with Gasteiger partial charge in [-0.2, -0.15) is 5.10 Å². The quantitative estimate of drug-likeness (QED) is 0.598. The van der Waals surface area contributed by atoms with Crippen LogP contribution in [0.15, 0.2) is 30.3 Å². The van der Waals surface area contributed by atoms with Gasteiger partial charge in [-0.15, -0.1) is 0 Å². The minimum atomic E-state index is -0.506. The standard InChI is InChI=1S/C24H33ClN6O2/c1-3-21(31-22-16-18(2)27-30(22)11-8-23(31)32)24(33)26-9-5-10-28-12-14-29(15-13-28)20-7-4-6-19(25)17-20/h4,6-7,16-17,21H,3,5,8-15H2,1-2H3,(H,26,33)/t21-/m0/s1. The molecule has 4 rings (SSSR count). The number of nitrogens with zero attached hydrogens (tertiary/aromatic N) is 5. The van der Waals surface area contributed by atoms with Crippen LogP contribution >= 0.6 is 11.6 Å². The number of rotatable bonds is 8. The van der Waals surface area contributed by atoms with E-state index in [2.05, 4.69) is 26.3 Å². The summed E-state index contributed by atoms with van der Waals surface area (Å²) in [4.78, 5) is 32.0. The van der Waals surface area contributed by atoms with Gasteiger partial charge in [-0.1, -0.05) is 24.6 Å². The van der Waals surface area contributed by atoms with Gasteiger partial charge in [0.05, 0.1) is 12.2 Å². The lowest BCUT2D eigenvalue weighted by atomic mass is 10.1. The van der Waals surface area contributed by atoms with Gasteiger partial charge in [0.25, 0.3) is 0 Å². The van der Waals surface area contributed by atoms with E-state index in [1.54, 1.807) is 4.90 Å². The molecule has 1 atom stereocenters. The summed E-state index contributed by atoms with van der Waals surface area (Å²) in [7, 11) is 0. The van der Waals surface area contributed by atoms with Crippen LogP contribution in [-0.4, -0.2) is 71.8 Å². The number of aromatic nitrogens is 2. The zero-order valence-electron chi connectivity index (χ0n) is 19.5. The molecule has 0 radical (unpaired) electrons. The first-order valence-corrected chi connectivity index (χ1v) is 12.2. The summed E-state index contributed by atoms with van der Waals surface area (Å²) in [5.41, 5.74) is 2.03. The van der Waals surface area contributed by atoms with Crippen molar-refractivity contribution in [2.75, 3.05) is 49.1 Å². The average Bonchev–Trinajstić information content (AvgIpc) is 3.19. The molecule has 1 saturated heterocycles. The molecule has 0 saturated carbocycles. The molecular formula is C24H33ClN6O2. The number of fused-ring (bicyclic) bond motifs is 1. The van der Waals surface area contributed by atoms with Gasteiger partial charge in [-0.25, -0.2) is 4.68 Å². The normalized spacial score (nSPS) is 17.7. The van der Waals surface area contributed by atoms with Gasteiger partial charge >= 0.3 is 0 Å². The second kappa shape index (κ2) is 10.6. The van der Waals surface area contributed by atoms with Crippen LogP contribution in [0.1, 0.15) is 31.9 Å². The van der Waals surface area contributed by atoms with Gasteiger partial charge in [0.15, 0.2) is 0 Å². The molecule has 1 N–H and O–H groups in total. The number of hydrogen-bond donors (Lipinski definition) is 1. The van der Waals surface area contributed by atoms with Crippen molar-refractivity contribution in [2.45, 2.75) is 45.7 Å². The fourth-order valence-electron chi connectivity index (χ4n) is 4.69. The Morgan fingerprint density at radius 3 is 2.70 bits per heavy atom. The summed E-state index contributed by atoms with van der Waals surface area (Å²) >= 11 is 6.12. The number of carbonyl (C=O) groups is 2. The maximum atomic E-state index is 12.9. The topological polar surface area (TPSA) is 73.7 Å². The van der Waals surface area contributed by atoms with Crippen molar-refractivity contribution in [3.05, 3.63) is 41.0 Å². The summed E-state index contributed by atoms with van der Waals surface area (Å²) < 4.78 is 1.83. The van der Waals surface area contributed by atoms with E-state index in [9.17, 15) is 9.59 Å². The van der Waals surface area contributed by atoms with Crippen LogP contribution in [0, 0.1) is 6.92 Å². The van der Waals surface area contributed by atoms with Gasteiger partial charge in [-0.05, 0) is 44.5 Å². The first kappa shape index (κ1) is 23.6. The smallest absolute Gasteiger partial charge is 0.243 e. The minimum Gasteiger partial charge on any atom is -0.369 e. The Hall–Kier alpha value is -2.58. The summed E-state index contributed by atoms with van der Waals surface area (Å²) in [6.45, 7) is 9.88. The molecule has 0 aliphatic carbocycles. The zero-order chi connectivity index (χ0) is 23.4. The molecular weight excluding hydrogens is 440 g/mol. The number of carbonyl (C=O) groups excluding carboxylic acids is 2. The van der Waals surface area contributed by atoms with Crippen LogP contribution in [0.4, 0.5) is 11.5 Å². The van der Waals surface area contributed by atoms with E-state index in [1.165, 1.54) is 5.69 Å². The Labute approximate surface area is 200 Å². The van der Waals surface area contributed by atoms with Gasteiger partial charge in [-0.3, -0.25) is 19.4 Å². The van der Waals surface area contributed by atoms with Crippen LogP contribution in [0.5, 0.6) is 0 Å². The summed E-state index contributed by atoms with van der Waals surface area (Å²) in [5, 5.41) is 8.26. The van der Waals surface area contributed by atoms with Crippen molar-refractivity contribution in [3.8, 4) is 0 Å². The van der Waals surface area contributed by atoms with E-state index < -0.39 is 6.04 Å². The Morgan fingerprint density at radius 1 is 1.18 bits per heavy atom.